The highest BCUT2D eigenvalue weighted by atomic mass is 35.5. The summed E-state index contributed by atoms with van der Waals surface area (Å²) in [5, 5.41) is 5.37. The molecule has 0 saturated heterocycles. The van der Waals surface area contributed by atoms with Crippen molar-refractivity contribution < 1.29 is 4.79 Å². The van der Waals surface area contributed by atoms with Crippen LogP contribution in [-0.2, 0) is 0 Å². The van der Waals surface area contributed by atoms with Crippen LogP contribution in [0.4, 0.5) is 0 Å². The third-order valence-corrected chi connectivity index (χ3v) is 4.22. The first kappa shape index (κ1) is 18.3. The van der Waals surface area contributed by atoms with Crippen molar-refractivity contribution in [2.75, 3.05) is 27.2 Å². The van der Waals surface area contributed by atoms with Crippen molar-refractivity contribution >= 4 is 28.3 Å². The lowest BCUT2D eigenvalue weighted by Gasteiger charge is -2.11. The average molecular weight is 369 g/mol. The van der Waals surface area contributed by atoms with E-state index in [1.54, 1.807) is 6.07 Å². The second-order valence-electron chi connectivity index (χ2n) is 6.49. The standard InChI is InChI=1S/C20H21ClN4O/c1-13-10-18(21)24-19(23-13)16-6-4-15-12-17(7-5-14(15)11-16)20(26)22-8-9-25(2)3/h4-7,10-12H,8-9H2,1-3H3,(H,22,26). The smallest absolute Gasteiger partial charge is 0.251 e. The molecule has 0 aliphatic carbocycles. The lowest BCUT2D eigenvalue weighted by molar-refractivity contribution is 0.0951. The zero-order valence-corrected chi connectivity index (χ0v) is 15.8. The molecule has 5 nitrogen and oxygen atoms in total. The molecule has 1 amide bonds. The van der Waals surface area contributed by atoms with Crippen LogP contribution in [0.5, 0.6) is 0 Å². The lowest BCUT2D eigenvalue weighted by Crippen LogP contribution is -2.31. The van der Waals surface area contributed by atoms with Crippen molar-refractivity contribution in [2.45, 2.75) is 6.92 Å². The van der Waals surface area contributed by atoms with Crippen molar-refractivity contribution in [1.29, 1.82) is 0 Å². The molecule has 26 heavy (non-hydrogen) atoms. The van der Waals surface area contributed by atoms with Crippen molar-refractivity contribution in [3.8, 4) is 11.4 Å². The Morgan fingerprint density at radius 1 is 1.08 bits per heavy atom. The molecule has 1 heterocycles. The molecule has 0 saturated carbocycles. The van der Waals surface area contributed by atoms with Gasteiger partial charge in [-0.05, 0) is 56.1 Å². The number of aryl methyl sites for hydroxylation is 1. The molecule has 1 N–H and O–H groups in total. The fraction of sp³-hybridized carbons (Fsp3) is 0.250. The molecule has 0 spiro atoms. The first-order chi connectivity index (χ1) is 12.4. The average Bonchev–Trinajstić information content (AvgIpc) is 2.59. The van der Waals surface area contributed by atoms with Gasteiger partial charge in [0, 0.05) is 29.9 Å². The fourth-order valence-corrected chi connectivity index (χ4v) is 2.92. The van der Waals surface area contributed by atoms with Gasteiger partial charge in [-0.1, -0.05) is 29.8 Å². The molecule has 3 aromatic rings. The van der Waals surface area contributed by atoms with E-state index in [1.165, 1.54) is 0 Å². The van der Waals surface area contributed by atoms with Gasteiger partial charge in [-0.25, -0.2) is 9.97 Å². The molecule has 0 fully saturated rings. The zero-order valence-electron chi connectivity index (χ0n) is 15.1. The first-order valence-corrected chi connectivity index (χ1v) is 8.78. The summed E-state index contributed by atoms with van der Waals surface area (Å²) in [5.41, 5.74) is 2.37. The number of carbonyl (C=O) groups is 1. The molecule has 0 bridgehead atoms. The van der Waals surface area contributed by atoms with Crippen LogP contribution >= 0.6 is 11.6 Å². The number of fused-ring (bicyclic) bond motifs is 1. The van der Waals surface area contributed by atoms with E-state index in [1.807, 2.05) is 62.3 Å². The minimum absolute atomic E-state index is 0.0633. The van der Waals surface area contributed by atoms with Gasteiger partial charge < -0.3 is 10.2 Å². The lowest BCUT2D eigenvalue weighted by atomic mass is 10.0. The van der Waals surface area contributed by atoms with Gasteiger partial charge in [0.2, 0.25) is 0 Å². The molecule has 0 aliphatic rings. The van der Waals surface area contributed by atoms with Gasteiger partial charge in [0.15, 0.2) is 5.82 Å². The minimum atomic E-state index is -0.0633. The summed E-state index contributed by atoms with van der Waals surface area (Å²) in [5.74, 6) is 0.536. The SMILES string of the molecule is Cc1cc(Cl)nc(-c2ccc3cc(C(=O)NCCN(C)C)ccc3c2)n1. The summed E-state index contributed by atoms with van der Waals surface area (Å²) in [6.07, 6.45) is 0. The van der Waals surface area contributed by atoms with E-state index in [9.17, 15) is 4.79 Å². The Morgan fingerprint density at radius 2 is 1.81 bits per heavy atom. The Kier molecular flexibility index (Phi) is 5.49. The van der Waals surface area contributed by atoms with Crippen LogP contribution in [-0.4, -0.2) is 48.0 Å². The number of carbonyl (C=O) groups excluding carboxylic acids is 1. The number of aromatic nitrogens is 2. The normalized spacial score (nSPS) is 11.1. The molecule has 1 aromatic heterocycles. The Morgan fingerprint density at radius 3 is 2.54 bits per heavy atom. The number of amides is 1. The maximum atomic E-state index is 12.3. The number of halogens is 1. The monoisotopic (exact) mass is 368 g/mol. The van der Waals surface area contributed by atoms with Crippen molar-refractivity contribution in [1.82, 2.24) is 20.2 Å². The molecule has 6 heteroatoms. The molecular weight excluding hydrogens is 348 g/mol. The van der Waals surface area contributed by atoms with Gasteiger partial charge >= 0.3 is 0 Å². The number of rotatable bonds is 5. The van der Waals surface area contributed by atoms with Crippen molar-refractivity contribution in [3.05, 3.63) is 58.9 Å². The number of benzene rings is 2. The second-order valence-corrected chi connectivity index (χ2v) is 6.88. The quantitative estimate of drug-likeness (QED) is 0.700. The van der Waals surface area contributed by atoms with E-state index >= 15 is 0 Å². The number of likely N-dealkylation sites (N-methyl/N-ethyl adjacent to an activating group) is 1. The van der Waals surface area contributed by atoms with Gasteiger partial charge in [-0.15, -0.1) is 0 Å². The fourth-order valence-electron chi connectivity index (χ4n) is 2.68. The molecule has 3 rings (SSSR count). The van der Waals surface area contributed by atoms with Gasteiger partial charge in [-0.3, -0.25) is 4.79 Å². The third-order valence-electron chi connectivity index (χ3n) is 4.03. The van der Waals surface area contributed by atoms with E-state index in [0.717, 1.165) is 28.6 Å². The topological polar surface area (TPSA) is 58.1 Å². The predicted octanol–water partition coefficient (Wildman–Crippen LogP) is 3.55. The number of hydrogen-bond acceptors (Lipinski definition) is 4. The molecule has 0 radical (unpaired) electrons. The summed E-state index contributed by atoms with van der Waals surface area (Å²) in [6.45, 7) is 3.31. The number of hydrogen-bond donors (Lipinski definition) is 1. The van der Waals surface area contributed by atoms with Gasteiger partial charge in [0.1, 0.15) is 5.15 Å². The van der Waals surface area contributed by atoms with E-state index in [4.69, 9.17) is 11.6 Å². The van der Waals surface area contributed by atoms with Gasteiger partial charge in [-0.2, -0.15) is 0 Å². The van der Waals surface area contributed by atoms with Crippen LogP contribution < -0.4 is 5.32 Å². The highest BCUT2D eigenvalue weighted by Gasteiger charge is 2.09. The Bertz CT molecular complexity index is 935. The summed E-state index contributed by atoms with van der Waals surface area (Å²) >= 11 is 6.04. The third kappa shape index (κ3) is 4.36. The number of nitrogens with zero attached hydrogens (tertiary/aromatic N) is 3. The first-order valence-electron chi connectivity index (χ1n) is 8.41. The molecule has 0 unspecified atom stereocenters. The summed E-state index contributed by atoms with van der Waals surface area (Å²) in [7, 11) is 3.95. The van der Waals surface area contributed by atoms with E-state index in [0.29, 0.717) is 23.1 Å². The van der Waals surface area contributed by atoms with Gasteiger partial charge in [0.25, 0.3) is 5.91 Å². The summed E-state index contributed by atoms with van der Waals surface area (Å²) < 4.78 is 0. The van der Waals surface area contributed by atoms with Crippen LogP contribution in [0.2, 0.25) is 5.15 Å². The van der Waals surface area contributed by atoms with Crippen LogP contribution in [0.1, 0.15) is 16.1 Å². The van der Waals surface area contributed by atoms with Crippen LogP contribution in [0.25, 0.3) is 22.2 Å². The van der Waals surface area contributed by atoms with E-state index in [2.05, 4.69) is 15.3 Å². The maximum Gasteiger partial charge on any atom is 0.251 e. The highest BCUT2D eigenvalue weighted by Crippen LogP contribution is 2.24. The molecular formula is C20H21ClN4O. The Balaban J connectivity index is 1.85. The summed E-state index contributed by atoms with van der Waals surface area (Å²) in [4.78, 5) is 23.0. The van der Waals surface area contributed by atoms with Gasteiger partial charge in [0.05, 0.1) is 0 Å². The molecule has 2 aromatic carbocycles. The van der Waals surface area contributed by atoms with E-state index < -0.39 is 0 Å². The van der Waals surface area contributed by atoms with E-state index in [-0.39, 0.29) is 5.91 Å². The molecule has 0 aliphatic heterocycles. The van der Waals surface area contributed by atoms with Crippen LogP contribution in [0.15, 0.2) is 42.5 Å². The minimum Gasteiger partial charge on any atom is -0.351 e. The van der Waals surface area contributed by atoms with Crippen molar-refractivity contribution in [3.63, 3.8) is 0 Å². The Labute approximate surface area is 158 Å². The van der Waals surface area contributed by atoms with Crippen LogP contribution in [0, 0.1) is 6.92 Å². The summed E-state index contributed by atoms with van der Waals surface area (Å²) in [6, 6.07) is 13.3. The maximum absolute atomic E-state index is 12.3. The highest BCUT2D eigenvalue weighted by molar-refractivity contribution is 6.29. The molecule has 0 atom stereocenters. The van der Waals surface area contributed by atoms with Crippen molar-refractivity contribution in [2.24, 2.45) is 0 Å². The number of nitrogens with one attached hydrogen (secondary N) is 1. The zero-order chi connectivity index (χ0) is 18.7. The predicted molar refractivity (Wildman–Crippen MR) is 106 cm³/mol. The second kappa shape index (κ2) is 7.81. The molecule has 134 valence electrons. The largest absolute Gasteiger partial charge is 0.351 e. The van der Waals surface area contributed by atoms with Crippen LogP contribution in [0.3, 0.4) is 0 Å². The Hall–Kier alpha value is -2.50.